The van der Waals surface area contributed by atoms with E-state index in [2.05, 4.69) is 0 Å². The molecule has 144 valence electrons. The molecule has 1 atom stereocenters. The van der Waals surface area contributed by atoms with E-state index in [0.717, 1.165) is 17.7 Å². The maximum absolute atomic E-state index is 12.8. The van der Waals surface area contributed by atoms with Crippen LogP contribution < -0.4 is 4.90 Å². The van der Waals surface area contributed by atoms with Gasteiger partial charge in [-0.3, -0.25) is 4.79 Å². The number of nitrogens with zero attached hydrogens (tertiary/aromatic N) is 2. The summed E-state index contributed by atoms with van der Waals surface area (Å²) < 4.78 is 25.7. The predicted octanol–water partition coefficient (Wildman–Crippen LogP) is 2.86. The zero-order chi connectivity index (χ0) is 19.4. The van der Waals surface area contributed by atoms with Crippen LogP contribution in [0.2, 0.25) is 0 Å². The van der Waals surface area contributed by atoms with E-state index < -0.39 is 10.0 Å². The van der Waals surface area contributed by atoms with Gasteiger partial charge in [0.25, 0.3) is 0 Å². The molecule has 0 saturated carbocycles. The molecule has 2 aromatic rings. The molecule has 0 fully saturated rings. The van der Waals surface area contributed by atoms with Crippen LogP contribution in [0.1, 0.15) is 24.5 Å². The molecule has 0 N–H and O–H groups in total. The summed E-state index contributed by atoms with van der Waals surface area (Å²) in [5.41, 5.74) is 3.20. The summed E-state index contributed by atoms with van der Waals surface area (Å²) in [4.78, 5) is 14.6. The Morgan fingerprint density at radius 2 is 1.74 bits per heavy atom. The third-order valence-corrected chi connectivity index (χ3v) is 6.32. The topological polar surface area (TPSA) is 57.7 Å². The highest BCUT2D eigenvalue weighted by Gasteiger charge is 2.30. The van der Waals surface area contributed by atoms with Crippen LogP contribution in [-0.2, 0) is 27.7 Å². The molecule has 1 unspecified atom stereocenters. The van der Waals surface area contributed by atoms with Crippen LogP contribution in [0.5, 0.6) is 0 Å². The smallest absolute Gasteiger partial charge is 0.228 e. The highest BCUT2D eigenvalue weighted by atomic mass is 32.2. The Kier molecular flexibility index (Phi) is 5.97. The van der Waals surface area contributed by atoms with E-state index in [-0.39, 0.29) is 24.9 Å². The molecule has 2 aromatic carbocycles. The quantitative estimate of drug-likeness (QED) is 0.735. The van der Waals surface area contributed by atoms with Gasteiger partial charge in [0.05, 0.1) is 6.26 Å². The van der Waals surface area contributed by atoms with E-state index >= 15 is 0 Å². The lowest BCUT2D eigenvalue weighted by Crippen LogP contribution is -2.39. The molecule has 0 saturated heterocycles. The van der Waals surface area contributed by atoms with E-state index in [1.807, 2.05) is 66.4 Å². The normalized spacial score (nSPS) is 16.6. The van der Waals surface area contributed by atoms with Crippen molar-refractivity contribution < 1.29 is 13.2 Å². The summed E-state index contributed by atoms with van der Waals surface area (Å²) in [6.07, 6.45) is 2.85. The van der Waals surface area contributed by atoms with Crippen molar-refractivity contribution in [1.82, 2.24) is 4.31 Å². The van der Waals surface area contributed by atoms with E-state index in [1.165, 1.54) is 16.1 Å². The molecule has 0 spiro atoms. The first-order valence-electron chi connectivity index (χ1n) is 9.25. The molecule has 0 radical (unpaired) electrons. The number of hydrogen-bond acceptors (Lipinski definition) is 3. The monoisotopic (exact) mass is 386 g/mol. The van der Waals surface area contributed by atoms with Gasteiger partial charge >= 0.3 is 0 Å². The molecular formula is C21H26N2O3S. The fraction of sp³-hybridized carbons (Fsp3) is 0.381. The zero-order valence-electron chi connectivity index (χ0n) is 15.8. The average Bonchev–Trinajstić information content (AvgIpc) is 2.97. The Hall–Kier alpha value is -2.18. The van der Waals surface area contributed by atoms with Gasteiger partial charge in [0.15, 0.2) is 0 Å². The molecule has 1 amide bonds. The summed E-state index contributed by atoms with van der Waals surface area (Å²) in [5, 5.41) is 0. The lowest BCUT2D eigenvalue weighted by Gasteiger charge is -2.25. The van der Waals surface area contributed by atoms with Crippen LogP contribution in [0, 0.1) is 0 Å². The number of carbonyl (C=O) groups is 1. The minimum atomic E-state index is -3.37. The van der Waals surface area contributed by atoms with Crippen LogP contribution in [0.4, 0.5) is 5.69 Å². The van der Waals surface area contributed by atoms with Gasteiger partial charge in [-0.1, -0.05) is 48.5 Å². The first-order chi connectivity index (χ1) is 12.9. The van der Waals surface area contributed by atoms with Crippen LogP contribution in [0.25, 0.3) is 0 Å². The highest BCUT2D eigenvalue weighted by Crippen LogP contribution is 2.32. The lowest BCUT2D eigenvalue weighted by molar-refractivity contribution is -0.119. The van der Waals surface area contributed by atoms with E-state index in [9.17, 15) is 13.2 Å². The maximum atomic E-state index is 12.8. The molecule has 0 aliphatic carbocycles. The van der Waals surface area contributed by atoms with Crippen LogP contribution in [0.15, 0.2) is 54.6 Å². The Morgan fingerprint density at radius 3 is 2.44 bits per heavy atom. The molecule has 0 bridgehead atoms. The molecule has 6 heteroatoms. The van der Waals surface area contributed by atoms with Crippen LogP contribution >= 0.6 is 0 Å². The Bertz CT molecular complexity index is 897. The minimum absolute atomic E-state index is 0.0270. The second-order valence-electron chi connectivity index (χ2n) is 7.09. The molecule has 27 heavy (non-hydrogen) atoms. The number of anilines is 1. The van der Waals surface area contributed by atoms with E-state index in [0.29, 0.717) is 13.0 Å². The number of hydrogen-bond donors (Lipinski definition) is 0. The van der Waals surface area contributed by atoms with Crippen molar-refractivity contribution >= 4 is 21.6 Å². The van der Waals surface area contributed by atoms with E-state index in [4.69, 9.17) is 0 Å². The number of amides is 1. The van der Waals surface area contributed by atoms with Gasteiger partial charge in [0.2, 0.25) is 15.9 Å². The van der Waals surface area contributed by atoms with Crippen molar-refractivity contribution in [3.8, 4) is 0 Å². The first-order valence-corrected chi connectivity index (χ1v) is 11.1. The molecular weight excluding hydrogens is 360 g/mol. The minimum Gasteiger partial charge on any atom is -0.309 e. The van der Waals surface area contributed by atoms with Crippen molar-refractivity contribution in [2.45, 2.75) is 32.2 Å². The van der Waals surface area contributed by atoms with Crippen LogP contribution in [0.3, 0.4) is 0 Å². The van der Waals surface area contributed by atoms with Crippen molar-refractivity contribution in [3.05, 3.63) is 65.7 Å². The summed E-state index contributed by atoms with van der Waals surface area (Å²) in [7, 11) is -3.37. The second-order valence-corrected chi connectivity index (χ2v) is 9.08. The predicted molar refractivity (Wildman–Crippen MR) is 108 cm³/mol. The first kappa shape index (κ1) is 19.6. The van der Waals surface area contributed by atoms with E-state index in [1.54, 1.807) is 0 Å². The van der Waals surface area contributed by atoms with Gasteiger partial charge < -0.3 is 4.90 Å². The number of rotatable bonds is 7. The summed E-state index contributed by atoms with van der Waals surface area (Å²) in [5.74, 6) is -0.0270. The number of carbonyl (C=O) groups excluding carboxylic acids is 1. The van der Waals surface area contributed by atoms with Crippen molar-refractivity contribution in [2.75, 3.05) is 24.2 Å². The van der Waals surface area contributed by atoms with Gasteiger partial charge in [-0.25, -0.2) is 12.7 Å². The number of sulfonamides is 1. The molecule has 1 aliphatic rings. The third-order valence-electron chi connectivity index (χ3n) is 5.01. The average molecular weight is 387 g/mol. The fourth-order valence-electron chi connectivity index (χ4n) is 3.63. The summed E-state index contributed by atoms with van der Waals surface area (Å²) in [6, 6.07) is 17.8. The van der Waals surface area contributed by atoms with Crippen LogP contribution in [-0.4, -0.2) is 44.0 Å². The lowest BCUT2D eigenvalue weighted by atomic mass is 10.1. The molecule has 1 aliphatic heterocycles. The summed E-state index contributed by atoms with van der Waals surface area (Å²) in [6.45, 7) is 2.61. The van der Waals surface area contributed by atoms with Gasteiger partial charge in [-0.2, -0.15) is 0 Å². The fourth-order valence-corrected chi connectivity index (χ4v) is 4.47. The third kappa shape index (κ3) is 4.76. The standard InChI is InChI=1S/C21H26N2O3S/c1-17-16-19-10-6-7-11-20(19)23(17)21(24)13-15-22(27(2,25)26)14-12-18-8-4-3-5-9-18/h3-11,17H,12-16H2,1-2H3. The van der Waals surface area contributed by atoms with Gasteiger partial charge in [0.1, 0.15) is 0 Å². The SMILES string of the molecule is CC1Cc2ccccc2N1C(=O)CCN(CCc1ccccc1)S(C)(=O)=O. The molecule has 5 nitrogen and oxygen atoms in total. The molecule has 1 heterocycles. The Labute approximate surface area is 161 Å². The van der Waals surface area contributed by atoms with Crippen molar-refractivity contribution in [1.29, 1.82) is 0 Å². The maximum Gasteiger partial charge on any atom is 0.228 e. The van der Waals surface area contributed by atoms with Gasteiger partial charge in [0, 0.05) is 31.2 Å². The number of fused-ring (bicyclic) bond motifs is 1. The van der Waals surface area contributed by atoms with Crippen molar-refractivity contribution in [2.24, 2.45) is 0 Å². The summed E-state index contributed by atoms with van der Waals surface area (Å²) >= 11 is 0. The zero-order valence-corrected chi connectivity index (χ0v) is 16.7. The molecule has 3 rings (SSSR count). The largest absolute Gasteiger partial charge is 0.309 e. The Morgan fingerprint density at radius 1 is 1.07 bits per heavy atom. The van der Waals surface area contributed by atoms with Crippen molar-refractivity contribution in [3.63, 3.8) is 0 Å². The highest BCUT2D eigenvalue weighted by molar-refractivity contribution is 7.88. The second kappa shape index (κ2) is 8.23. The molecule has 0 aromatic heterocycles. The van der Waals surface area contributed by atoms with Gasteiger partial charge in [-0.15, -0.1) is 0 Å². The number of benzene rings is 2. The Balaban J connectivity index is 1.64. The number of para-hydroxylation sites is 1. The van der Waals surface area contributed by atoms with Gasteiger partial charge in [-0.05, 0) is 37.0 Å².